The summed E-state index contributed by atoms with van der Waals surface area (Å²) in [4.78, 5) is 63.5. The number of hydrogen-bond acceptors (Lipinski definition) is 18. The van der Waals surface area contributed by atoms with Crippen LogP contribution >= 0.6 is 31.3 Å². The van der Waals surface area contributed by atoms with Gasteiger partial charge in [-0.3, -0.25) is 23.4 Å². The van der Waals surface area contributed by atoms with Gasteiger partial charge < -0.3 is 54.6 Å². The quantitative estimate of drug-likeness (QED) is 0.0878. The van der Waals surface area contributed by atoms with Crippen molar-refractivity contribution in [2.24, 2.45) is 0 Å². The van der Waals surface area contributed by atoms with Gasteiger partial charge in [0.25, 0.3) is 5.56 Å². The van der Waals surface area contributed by atoms with Gasteiger partial charge in [0.1, 0.15) is 36.6 Å². The number of nitrogens with one attached hydrogen (secondary N) is 1. The topological polar surface area (TPSA) is 370 Å². The molecule has 1 aromatic heterocycles. The Kier molecular flexibility index (Phi) is 11.8. The van der Waals surface area contributed by atoms with Gasteiger partial charge in [-0.15, -0.1) is 0 Å². The third kappa shape index (κ3) is 9.47. The Morgan fingerprint density at radius 1 is 0.818 bits per heavy atom. The predicted molar refractivity (Wildman–Crippen MR) is 129 cm³/mol. The fourth-order valence-corrected chi connectivity index (χ4v) is 8.63. The van der Waals surface area contributed by atoms with E-state index in [0.717, 1.165) is 12.3 Å². The van der Waals surface area contributed by atoms with Crippen molar-refractivity contribution in [3.05, 3.63) is 33.1 Å². The van der Waals surface area contributed by atoms with Crippen LogP contribution < -0.4 is 11.2 Å². The van der Waals surface area contributed by atoms with Gasteiger partial charge in [0.2, 0.25) is 6.29 Å². The molecule has 0 amide bonds. The first-order valence-corrected chi connectivity index (χ1v) is 17.4. The number of nitrogens with zero attached hydrogens (tertiary/aromatic N) is 1. The smallest absolute Gasteiger partial charge is 0.394 e. The molecule has 44 heavy (non-hydrogen) atoms. The Morgan fingerprint density at radius 2 is 1.36 bits per heavy atom. The Labute approximate surface area is 242 Å². The molecule has 0 bridgehead atoms. The number of aliphatic hydroxyl groups is 5. The molecule has 0 aliphatic carbocycles. The molecule has 2 aliphatic heterocycles. The van der Waals surface area contributed by atoms with E-state index in [4.69, 9.17) is 9.84 Å². The summed E-state index contributed by atoms with van der Waals surface area (Å²) in [5.74, 6) is 0. The van der Waals surface area contributed by atoms with Crippen LogP contribution in [0.4, 0.5) is 4.39 Å². The highest BCUT2D eigenvalue weighted by atomic mass is 31.3. The summed E-state index contributed by atoms with van der Waals surface area (Å²) >= 11 is 0. The summed E-state index contributed by atoms with van der Waals surface area (Å²) in [6, 6.07) is 0.859. The zero-order valence-electron chi connectivity index (χ0n) is 21.2. The molecule has 13 atom stereocenters. The Bertz CT molecular complexity index is 1490. The van der Waals surface area contributed by atoms with Crippen molar-refractivity contribution in [2.75, 3.05) is 13.2 Å². The number of halogens is 1. The average molecular weight is 728 g/mol. The molecular formula is C15H25FN2O22P4. The molecule has 0 spiro atoms. The SMILES string of the molecule is O=c1ccn([C@@H]2O[C@H](COP(=O)(O)OP(=O)(O)OP(=O)(O)OP(=O)(O)O[C@H]3O[C@H](CO)[C@@H](O)[C@H](O)[C@H]3F)[C@@H](O)[C@H]2O)c(=O)[nH]1. The maximum Gasteiger partial charge on any atom is 0.490 e. The minimum absolute atomic E-state index is 0.632. The monoisotopic (exact) mass is 728 g/mol. The van der Waals surface area contributed by atoms with Gasteiger partial charge in [0.15, 0.2) is 12.4 Å². The summed E-state index contributed by atoms with van der Waals surface area (Å²) < 4.78 is 92.3. The van der Waals surface area contributed by atoms with E-state index in [1.165, 1.54) is 0 Å². The van der Waals surface area contributed by atoms with E-state index in [0.29, 0.717) is 4.57 Å². The lowest BCUT2D eigenvalue weighted by molar-refractivity contribution is -0.265. The molecule has 1 aromatic rings. The molecule has 2 saturated heterocycles. The van der Waals surface area contributed by atoms with Crippen molar-refractivity contribution < 1.29 is 99.2 Å². The molecule has 3 rings (SSSR count). The number of phosphoric ester groups is 2. The number of H-pyrrole nitrogens is 1. The predicted octanol–water partition coefficient (Wildman–Crippen LogP) is -3.58. The van der Waals surface area contributed by atoms with Crippen LogP contribution in [0.2, 0.25) is 0 Å². The number of alkyl halides is 1. The highest BCUT2D eigenvalue weighted by molar-refractivity contribution is 7.69. The number of aromatic amines is 1. The van der Waals surface area contributed by atoms with Crippen LogP contribution in [-0.2, 0) is 49.7 Å². The van der Waals surface area contributed by atoms with Crippen molar-refractivity contribution >= 4 is 31.3 Å². The minimum atomic E-state index is -6.33. The van der Waals surface area contributed by atoms with E-state index >= 15 is 0 Å². The fraction of sp³-hybridized carbons (Fsp3) is 0.733. The van der Waals surface area contributed by atoms with E-state index in [9.17, 15) is 72.2 Å². The standard InChI is InChI=1S/C15H25FN2O22P4/c16-8-11(23)9(21)5(3-19)36-14(8)37-42(28,29)39-44(32,33)40-43(30,31)38-41(26,27)34-4-6-10(22)12(24)13(35-6)18-2-1-7(20)17-15(18)25/h1-2,5-6,8-14,19,21-24H,3-4H2,(H,26,27)(H,28,29)(H,30,31)(H,32,33)(H,17,20,25)/t5-,6-,8-,9-,10-,11-,12-,13-,14-/m1/s1. The highest BCUT2D eigenvalue weighted by Gasteiger charge is 2.51. The van der Waals surface area contributed by atoms with Crippen LogP contribution in [0.15, 0.2) is 21.9 Å². The first-order chi connectivity index (χ1) is 20.1. The first-order valence-electron chi connectivity index (χ1n) is 11.4. The summed E-state index contributed by atoms with van der Waals surface area (Å²) in [6.45, 7) is -2.30. The van der Waals surface area contributed by atoms with Crippen LogP contribution in [0.5, 0.6) is 0 Å². The third-order valence-electron chi connectivity index (χ3n) is 5.53. The Morgan fingerprint density at radius 3 is 1.93 bits per heavy atom. The molecule has 0 radical (unpaired) electrons. The van der Waals surface area contributed by atoms with E-state index in [1.807, 2.05) is 4.98 Å². The fourth-order valence-electron chi connectivity index (χ4n) is 3.62. The molecule has 29 heteroatoms. The Hall–Kier alpha value is -1.11. The second-order valence-corrected chi connectivity index (χ2v) is 14.9. The molecule has 2 aliphatic rings. The molecule has 3 heterocycles. The average Bonchev–Trinajstić information content (AvgIpc) is 3.14. The van der Waals surface area contributed by atoms with Gasteiger partial charge in [-0.2, -0.15) is 12.9 Å². The Balaban J connectivity index is 1.59. The minimum Gasteiger partial charge on any atom is -0.394 e. The van der Waals surface area contributed by atoms with Crippen molar-refractivity contribution in [2.45, 2.75) is 55.3 Å². The number of rotatable bonds is 13. The van der Waals surface area contributed by atoms with Gasteiger partial charge in [-0.1, -0.05) is 0 Å². The second kappa shape index (κ2) is 13.9. The third-order valence-corrected chi connectivity index (χ3v) is 11.4. The van der Waals surface area contributed by atoms with E-state index in [2.05, 4.69) is 26.7 Å². The number of aliphatic hydroxyl groups excluding tert-OH is 5. The lowest BCUT2D eigenvalue weighted by Gasteiger charge is -2.38. The van der Waals surface area contributed by atoms with E-state index in [-0.39, 0.29) is 0 Å². The zero-order chi connectivity index (χ0) is 33.4. The lowest BCUT2D eigenvalue weighted by atomic mass is 10.0. The zero-order valence-corrected chi connectivity index (χ0v) is 24.8. The number of ether oxygens (including phenoxy) is 2. The van der Waals surface area contributed by atoms with E-state index < -0.39 is 111 Å². The molecule has 0 saturated carbocycles. The molecule has 4 unspecified atom stereocenters. The summed E-state index contributed by atoms with van der Waals surface area (Å²) in [7, 11) is -24.5. The lowest BCUT2D eigenvalue weighted by Crippen LogP contribution is -2.57. The second-order valence-electron chi connectivity index (χ2n) is 8.74. The normalized spacial score (nSPS) is 36.5. The van der Waals surface area contributed by atoms with Crippen molar-refractivity contribution in [3.8, 4) is 0 Å². The number of phosphoric acid groups is 4. The van der Waals surface area contributed by atoms with Crippen molar-refractivity contribution in [1.82, 2.24) is 9.55 Å². The van der Waals surface area contributed by atoms with Gasteiger partial charge in [-0.25, -0.2) is 27.4 Å². The summed E-state index contributed by atoms with van der Waals surface area (Å²) in [6.07, 6.45) is -18.0. The molecule has 254 valence electrons. The molecule has 2 fully saturated rings. The highest BCUT2D eigenvalue weighted by Crippen LogP contribution is 2.71. The first kappa shape index (κ1) is 37.3. The summed E-state index contributed by atoms with van der Waals surface area (Å²) in [5, 5.41) is 48.5. The number of hydrogen-bond donors (Lipinski definition) is 10. The van der Waals surface area contributed by atoms with Gasteiger partial charge in [-0.05, 0) is 0 Å². The van der Waals surface area contributed by atoms with Gasteiger partial charge >= 0.3 is 37.0 Å². The molecule has 10 N–H and O–H groups in total. The maximum atomic E-state index is 14.2. The van der Waals surface area contributed by atoms with E-state index in [1.54, 1.807) is 0 Å². The van der Waals surface area contributed by atoms with Crippen LogP contribution in [0.3, 0.4) is 0 Å². The van der Waals surface area contributed by atoms with Crippen LogP contribution in [0.25, 0.3) is 0 Å². The maximum absolute atomic E-state index is 14.2. The molecule has 24 nitrogen and oxygen atoms in total. The van der Waals surface area contributed by atoms with Crippen molar-refractivity contribution in [1.29, 1.82) is 0 Å². The van der Waals surface area contributed by atoms with Crippen LogP contribution in [0, 0.1) is 0 Å². The van der Waals surface area contributed by atoms with Gasteiger partial charge in [0, 0.05) is 12.3 Å². The van der Waals surface area contributed by atoms with Gasteiger partial charge in [0.05, 0.1) is 13.2 Å². The van der Waals surface area contributed by atoms with Crippen LogP contribution in [0.1, 0.15) is 6.23 Å². The van der Waals surface area contributed by atoms with Crippen molar-refractivity contribution in [3.63, 3.8) is 0 Å². The largest absolute Gasteiger partial charge is 0.490 e. The molecular weight excluding hydrogens is 703 g/mol. The number of aromatic nitrogens is 2. The molecule has 0 aromatic carbocycles. The van der Waals surface area contributed by atoms with Crippen LogP contribution in [-0.4, -0.2) is 117 Å². The summed E-state index contributed by atoms with van der Waals surface area (Å²) in [5.41, 5.74) is -1.90.